The van der Waals surface area contributed by atoms with Crippen LogP contribution in [0.2, 0.25) is 0 Å². The molecule has 0 aliphatic heterocycles. The van der Waals surface area contributed by atoms with Gasteiger partial charge in [0.1, 0.15) is 13.2 Å². The highest BCUT2D eigenvalue weighted by atomic mass is 31.2. The van der Waals surface area contributed by atoms with Crippen molar-refractivity contribution < 1.29 is 32.9 Å². The zero-order valence-electron chi connectivity index (χ0n) is 37.9. The van der Waals surface area contributed by atoms with Crippen molar-refractivity contribution in [2.24, 2.45) is 0 Å². The SMILES string of the molecule is CCCCC/C=C\CCCCCCCC(=O)NC(COP(=O)(O)OCC[N+](C)(C)C)C(O)CCCCCCCCCCCCCCCCCCCCCCCC. The number of nitrogens with zero attached hydrogens (tertiary/aromatic N) is 1. The molecule has 0 aromatic rings. The van der Waals surface area contributed by atoms with Gasteiger partial charge in [-0.15, -0.1) is 0 Å². The van der Waals surface area contributed by atoms with Crippen molar-refractivity contribution >= 4 is 13.7 Å². The summed E-state index contributed by atoms with van der Waals surface area (Å²) in [5.41, 5.74) is 0. The van der Waals surface area contributed by atoms with Crippen molar-refractivity contribution in [1.29, 1.82) is 0 Å². The maximum Gasteiger partial charge on any atom is 0.472 e. The van der Waals surface area contributed by atoms with Gasteiger partial charge in [0.15, 0.2) is 0 Å². The van der Waals surface area contributed by atoms with E-state index in [1.807, 2.05) is 21.1 Å². The average molecular weight is 816 g/mol. The Hall–Kier alpha value is -0.760. The van der Waals surface area contributed by atoms with Gasteiger partial charge in [-0.25, -0.2) is 4.57 Å². The summed E-state index contributed by atoms with van der Waals surface area (Å²) in [6.07, 6.45) is 45.3. The summed E-state index contributed by atoms with van der Waals surface area (Å²) in [6, 6.07) is -0.760. The maximum atomic E-state index is 12.9. The van der Waals surface area contributed by atoms with Gasteiger partial charge in [-0.2, -0.15) is 0 Å². The third-order valence-corrected chi connectivity index (χ3v) is 12.0. The number of aliphatic hydroxyl groups is 1. The molecular weight excluding hydrogens is 719 g/mol. The van der Waals surface area contributed by atoms with E-state index >= 15 is 0 Å². The Bertz CT molecular complexity index is 927. The van der Waals surface area contributed by atoms with Crippen molar-refractivity contribution in [1.82, 2.24) is 5.32 Å². The second-order valence-electron chi connectivity index (χ2n) is 17.8. The van der Waals surface area contributed by atoms with Crippen molar-refractivity contribution in [3.8, 4) is 0 Å². The summed E-state index contributed by atoms with van der Waals surface area (Å²) in [7, 11) is 1.62. The molecule has 0 spiro atoms. The summed E-state index contributed by atoms with van der Waals surface area (Å²) in [4.78, 5) is 23.1. The van der Waals surface area contributed by atoms with E-state index in [2.05, 4.69) is 31.3 Å². The van der Waals surface area contributed by atoms with E-state index in [1.165, 1.54) is 154 Å². The largest absolute Gasteiger partial charge is 0.472 e. The van der Waals surface area contributed by atoms with Gasteiger partial charge < -0.3 is 19.8 Å². The minimum absolute atomic E-state index is 0.0750. The van der Waals surface area contributed by atoms with Crippen LogP contribution in [-0.2, 0) is 18.4 Å². The Kier molecular flexibility index (Phi) is 39.1. The van der Waals surface area contributed by atoms with Crippen LogP contribution in [0.25, 0.3) is 0 Å². The molecule has 0 aromatic carbocycles. The van der Waals surface area contributed by atoms with Crippen LogP contribution in [0.15, 0.2) is 12.2 Å². The maximum absolute atomic E-state index is 12.9. The summed E-state index contributed by atoms with van der Waals surface area (Å²) >= 11 is 0. The number of quaternary nitrogens is 1. The highest BCUT2D eigenvalue weighted by Gasteiger charge is 2.28. The van der Waals surface area contributed by atoms with Crippen LogP contribution in [-0.4, -0.2) is 73.4 Å². The summed E-state index contributed by atoms with van der Waals surface area (Å²) in [6.45, 7) is 4.87. The van der Waals surface area contributed by atoms with Crippen molar-refractivity contribution in [2.75, 3.05) is 40.9 Å². The zero-order valence-corrected chi connectivity index (χ0v) is 38.8. The van der Waals surface area contributed by atoms with Crippen LogP contribution in [0.5, 0.6) is 0 Å². The number of unbranched alkanes of at least 4 members (excludes halogenated alkanes) is 29. The Morgan fingerprint density at radius 1 is 0.589 bits per heavy atom. The predicted octanol–water partition coefficient (Wildman–Crippen LogP) is 13.5. The Morgan fingerprint density at radius 2 is 0.964 bits per heavy atom. The minimum Gasteiger partial charge on any atom is -0.391 e. The van der Waals surface area contributed by atoms with E-state index in [9.17, 15) is 19.4 Å². The Balaban J connectivity index is 4.22. The molecule has 0 aliphatic rings. The Morgan fingerprint density at radius 3 is 1.41 bits per heavy atom. The van der Waals surface area contributed by atoms with Gasteiger partial charge in [-0.05, 0) is 38.5 Å². The monoisotopic (exact) mass is 816 g/mol. The first kappa shape index (κ1) is 55.2. The van der Waals surface area contributed by atoms with Crippen LogP contribution in [0.4, 0.5) is 0 Å². The fourth-order valence-corrected chi connectivity index (χ4v) is 7.89. The van der Waals surface area contributed by atoms with E-state index in [-0.39, 0.29) is 19.1 Å². The van der Waals surface area contributed by atoms with Crippen LogP contribution >= 0.6 is 7.82 Å². The van der Waals surface area contributed by atoms with Gasteiger partial charge in [0.2, 0.25) is 5.91 Å². The van der Waals surface area contributed by atoms with Gasteiger partial charge in [-0.1, -0.05) is 199 Å². The smallest absolute Gasteiger partial charge is 0.391 e. The molecule has 56 heavy (non-hydrogen) atoms. The fourth-order valence-electron chi connectivity index (χ4n) is 7.16. The van der Waals surface area contributed by atoms with Crippen LogP contribution in [0.1, 0.15) is 232 Å². The second-order valence-corrected chi connectivity index (χ2v) is 19.3. The number of likely N-dealkylation sites (N-methyl/N-ethyl adjacent to an activating group) is 1. The molecular formula is C47H96N2O6P+. The quantitative estimate of drug-likeness (QED) is 0.0245. The second kappa shape index (κ2) is 39.7. The molecule has 8 nitrogen and oxygen atoms in total. The molecule has 0 heterocycles. The molecule has 0 rings (SSSR count). The fraction of sp³-hybridized carbons (Fsp3) is 0.936. The van der Waals surface area contributed by atoms with Gasteiger partial charge in [0.25, 0.3) is 0 Å². The van der Waals surface area contributed by atoms with E-state index in [0.29, 0.717) is 23.9 Å². The third kappa shape index (κ3) is 41.4. The zero-order chi connectivity index (χ0) is 41.4. The van der Waals surface area contributed by atoms with Crippen molar-refractivity contribution in [3.05, 3.63) is 12.2 Å². The molecule has 0 bridgehead atoms. The van der Waals surface area contributed by atoms with E-state index < -0.39 is 20.0 Å². The third-order valence-electron chi connectivity index (χ3n) is 11.0. The minimum atomic E-state index is -4.31. The standard InChI is InChI=1S/C47H95N2O6P/c1-6-8-10-12-14-16-18-20-21-22-23-24-25-26-27-28-29-30-32-34-36-38-40-46(50)45(44-55-56(52,53)54-43-42-49(3,4)5)48-47(51)41-39-37-35-33-31-19-17-15-13-11-9-7-2/h15,17,45-46,50H,6-14,16,18-44H2,1-5H3,(H-,48,51,52,53)/p+1/b17-15-. The average Bonchev–Trinajstić information content (AvgIpc) is 3.15. The molecule has 0 aliphatic carbocycles. The lowest BCUT2D eigenvalue weighted by Crippen LogP contribution is -2.46. The van der Waals surface area contributed by atoms with Gasteiger partial charge in [-0.3, -0.25) is 13.8 Å². The lowest BCUT2D eigenvalue weighted by Gasteiger charge is -2.26. The first-order valence-electron chi connectivity index (χ1n) is 24.1. The van der Waals surface area contributed by atoms with Crippen LogP contribution in [0, 0.1) is 0 Å². The first-order chi connectivity index (χ1) is 27.0. The summed E-state index contributed by atoms with van der Waals surface area (Å²) < 4.78 is 23.6. The first-order valence-corrected chi connectivity index (χ1v) is 25.5. The van der Waals surface area contributed by atoms with Crippen LogP contribution < -0.4 is 5.32 Å². The number of carbonyl (C=O) groups is 1. The topological polar surface area (TPSA) is 105 Å². The molecule has 9 heteroatoms. The number of rotatable bonds is 44. The number of hydrogen-bond donors (Lipinski definition) is 3. The van der Waals surface area contributed by atoms with E-state index in [1.54, 1.807) is 0 Å². The molecule has 3 atom stereocenters. The number of phosphoric ester groups is 1. The lowest BCUT2D eigenvalue weighted by atomic mass is 10.0. The molecule has 0 radical (unpaired) electrons. The van der Waals surface area contributed by atoms with Crippen molar-refractivity contribution in [3.63, 3.8) is 0 Å². The summed E-state index contributed by atoms with van der Waals surface area (Å²) in [5.74, 6) is -0.152. The van der Waals surface area contributed by atoms with E-state index in [0.717, 1.165) is 51.4 Å². The highest BCUT2D eigenvalue weighted by Crippen LogP contribution is 2.43. The normalized spacial score (nSPS) is 14.3. The number of aliphatic hydroxyl groups excluding tert-OH is 1. The van der Waals surface area contributed by atoms with Gasteiger partial charge >= 0.3 is 7.82 Å². The molecule has 0 saturated carbocycles. The molecule has 0 fully saturated rings. The highest BCUT2D eigenvalue weighted by molar-refractivity contribution is 7.47. The number of allylic oxidation sites excluding steroid dienone is 2. The summed E-state index contributed by atoms with van der Waals surface area (Å²) in [5, 5.41) is 14.0. The number of hydrogen-bond acceptors (Lipinski definition) is 5. The number of nitrogens with one attached hydrogen (secondary N) is 1. The predicted molar refractivity (Wildman–Crippen MR) is 240 cm³/mol. The number of amides is 1. The molecule has 0 saturated heterocycles. The Labute approximate surface area is 348 Å². The van der Waals surface area contributed by atoms with E-state index in [4.69, 9.17) is 9.05 Å². The van der Waals surface area contributed by atoms with Gasteiger partial charge in [0.05, 0.1) is 39.9 Å². The lowest BCUT2D eigenvalue weighted by molar-refractivity contribution is -0.870. The molecule has 1 amide bonds. The number of carbonyl (C=O) groups excluding carboxylic acids is 1. The molecule has 3 N–H and O–H groups in total. The van der Waals surface area contributed by atoms with Gasteiger partial charge in [0, 0.05) is 6.42 Å². The van der Waals surface area contributed by atoms with Crippen molar-refractivity contribution in [2.45, 2.75) is 244 Å². The molecule has 3 unspecified atom stereocenters. The number of phosphoric acid groups is 1. The molecule has 334 valence electrons. The molecule has 0 aromatic heterocycles. The van der Waals surface area contributed by atoms with Crippen LogP contribution in [0.3, 0.4) is 0 Å².